The molecule has 3 aromatic rings. The lowest BCUT2D eigenvalue weighted by Gasteiger charge is -2.28. The van der Waals surface area contributed by atoms with Crippen LogP contribution in [0.4, 0.5) is 15.8 Å². The Balaban J connectivity index is 1.52. The van der Waals surface area contributed by atoms with E-state index in [-0.39, 0.29) is 11.7 Å². The summed E-state index contributed by atoms with van der Waals surface area (Å²) in [6.45, 7) is 2.19. The molecule has 0 spiro atoms. The SMILES string of the molecule is Cn1c(C(=O)Nc2ccc(N3CCCCC3)cc2)cc2ccc(F)cc21. The number of fused-ring (bicyclic) bond motifs is 1. The quantitative estimate of drug-likeness (QED) is 0.751. The number of piperidine rings is 1. The third kappa shape index (κ3) is 3.17. The van der Waals surface area contributed by atoms with E-state index in [1.807, 2.05) is 12.1 Å². The molecular formula is C21H22FN3O. The summed E-state index contributed by atoms with van der Waals surface area (Å²) in [7, 11) is 1.77. The Morgan fingerprint density at radius 2 is 1.73 bits per heavy atom. The highest BCUT2D eigenvalue weighted by Crippen LogP contribution is 2.23. The summed E-state index contributed by atoms with van der Waals surface area (Å²) >= 11 is 0. The Morgan fingerprint density at radius 1 is 1.00 bits per heavy atom. The van der Waals surface area contributed by atoms with E-state index in [1.54, 1.807) is 23.7 Å². The van der Waals surface area contributed by atoms with E-state index in [1.165, 1.54) is 37.1 Å². The van der Waals surface area contributed by atoms with E-state index in [0.29, 0.717) is 11.2 Å². The fraction of sp³-hybridized carbons (Fsp3) is 0.286. The van der Waals surface area contributed by atoms with Gasteiger partial charge < -0.3 is 14.8 Å². The predicted octanol–water partition coefficient (Wildman–Crippen LogP) is 4.56. The van der Waals surface area contributed by atoms with E-state index in [4.69, 9.17) is 0 Å². The van der Waals surface area contributed by atoms with Crippen LogP contribution in [0.2, 0.25) is 0 Å². The first kappa shape index (κ1) is 16.6. The number of nitrogens with one attached hydrogen (secondary N) is 1. The van der Waals surface area contributed by atoms with Crippen LogP contribution in [0.5, 0.6) is 0 Å². The lowest BCUT2D eigenvalue weighted by molar-refractivity contribution is 0.101. The minimum absolute atomic E-state index is 0.199. The molecule has 0 bridgehead atoms. The maximum Gasteiger partial charge on any atom is 0.272 e. The molecule has 1 amide bonds. The van der Waals surface area contributed by atoms with Gasteiger partial charge in [0.15, 0.2) is 0 Å². The van der Waals surface area contributed by atoms with Gasteiger partial charge in [0.05, 0.1) is 5.52 Å². The monoisotopic (exact) mass is 351 g/mol. The van der Waals surface area contributed by atoms with E-state index in [0.717, 1.165) is 24.2 Å². The van der Waals surface area contributed by atoms with Gasteiger partial charge in [0.25, 0.3) is 5.91 Å². The minimum atomic E-state index is -0.307. The molecule has 1 N–H and O–H groups in total. The molecule has 1 aromatic heterocycles. The summed E-state index contributed by atoms with van der Waals surface area (Å²) in [6, 6.07) is 14.3. The number of amides is 1. The molecule has 0 radical (unpaired) electrons. The largest absolute Gasteiger partial charge is 0.372 e. The second-order valence-corrected chi connectivity index (χ2v) is 6.84. The van der Waals surface area contributed by atoms with Crippen molar-refractivity contribution in [1.29, 1.82) is 0 Å². The van der Waals surface area contributed by atoms with Crippen molar-refractivity contribution >= 4 is 28.2 Å². The molecule has 1 aliphatic heterocycles. The molecule has 5 heteroatoms. The number of aromatic nitrogens is 1. The van der Waals surface area contributed by atoms with E-state index < -0.39 is 0 Å². The standard InChI is InChI=1S/C21H22FN3O/c1-24-19-14-16(22)6-5-15(19)13-20(24)21(26)23-17-7-9-18(10-8-17)25-11-3-2-4-12-25/h5-10,13-14H,2-4,11-12H2,1H3,(H,23,26). The van der Waals surface area contributed by atoms with Crippen LogP contribution in [0.3, 0.4) is 0 Å². The highest BCUT2D eigenvalue weighted by atomic mass is 19.1. The number of aryl methyl sites for hydroxylation is 1. The zero-order valence-electron chi connectivity index (χ0n) is 14.8. The van der Waals surface area contributed by atoms with Crippen LogP contribution in [-0.4, -0.2) is 23.6 Å². The highest BCUT2D eigenvalue weighted by Gasteiger charge is 2.15. The Bertz CT molecular complexity index is 940. The van der Waals surface area contributed by atoms with Crippen molar-refractivity contribution in [1.82, 2.24) is 4.57 Å². The van der Waals surface area contributed by atoms with Crippen molar-refractivity contribution in [2.24, 2.45) is 7.05 Å². The number of hydrogen-bond acceptors (Lipinski definition) is 2. The van der Waals surface area contributed by atoms with E-state index in [9.17, 15) is 9.18 Å². The number of hydrogen-bond donors (Lipinski definition) is 1. The number of carbonyl (C=O) groups is 1. The third-order valence-corrected chi connectivity index (χ3v) is 5.09. The molecule has 0 unspecified atom stereocenters. The molecule has 26 heavy (non-hydrogen) atoms. The summed E-state index contributed by atoms with van der Waals surface area (Å²) in [4.78, 5) is 15.0. The summed E-state index contributed by atoms with van der Waals surface area (Å²) < 4.78 is 15.2. The lowest BCUT2D eigenvalue weighted by Crippen LogP contribution is -2.29. The third-order valence-electron chi connectivity index (χ3n) is 5.09. The van der Waals surface area contributed by atoms with Crippen LogP contribution in [0.15, 0.2) is 48.5 Å². The van der Waals surface area contributed by atoms with Crippen molar-refractivity contribution in [3.05, 3.63) is 60.0 Å². The van der Waals surface area contributed by atoms with Gasteiger partial charge in [-0.25, -0.2) is 4.39 Å². The van der Waals surface area contributed by atoms with Crippen molar-refractivity contribution in [3.8, 4) is 0 Å². The van der Waals surface area contributed by atoms with Crippen LogP contribution in [0.1, 0.15) is 29.8 Å². The fourth-order valence-corrected chi connectivity index (χ4v) is 3.62. The van der Waals surface area contributed by atoms with Gasteiger partial charge in [0.1, 0.15) is 11.5 Å². The molecular weight excluding hydrogens is 329 g/mol. The first-order chi connectivity index (χ1) is 12.6. The number of rotatable bonds is 3. The van der Waals surface area contributed by atoms with Crippen LogP contribution >= 0.6 is 0 Å². The summed E-state index contributed by atoms with van der Waals surface area (Å²) in [5, 5.41) is 3.78. The second-order valence-electron chi connectivity index (χ2n) is 6.84. The van der Waals surface area contributed by atoms with Crippen LogP contribution in [0.25, 0.3) is 10.9 Å². The number of carbonyl (C=O) groups excluding carboxylic acids is 1. The number of anilines is 2. The van der Waals surface area contributed by atoms with Gasteiger partial charge in [-0.05, 0) is 67.8 Å². The number of benzene rings is 2. The molecule has 4 rings (SSSR count). The van der Waals surface area contributed by atoms with Crippen molar-refractivity contribution in [2.75, 3.05) is 23.3 Å². The van der Waals surface area contributed by atoms with Crippen molar-refractivity contribution < 1.29 is 9.18 Å². The Morgan fingerprint density at radius 3 is 2.46 bits per heavy atom. The molecule has 0 atom stereocenters. The van der Waals surface area contributed by atoms with E-state index >= 15 is 0 Å². The molecule has 0 saturated carbocycles. The predicted molar refractivity (Wildman–Crippen MR) is 103 cm³/mol. The minimum Gasteiger partial charge on any atom is -0.372 e. The Kier molecular flexibility index (Phi) is 4.37. The van der Waals surface area contributed by atoms with Gasteiger partial charge in [-0.15, -0.1) is 0 Å². The lowest BCUT2D eigenvalue weighted by atomic mass is 10.1. The summed E-state index contributed by atoms with van der Waals surface area (Å²) in [5.41, 5.74) is 3.16. The van der Waals surface area contributed by atoms with E-state index in [2.05, 4.69) is 22.3 Å². The van der Waals surface area contributed by atoms with Gasteiger partial charge in [0.2, 0.25) is 0 Å². The normalized spacial score (nSPS) is 14.6. The first-order valence-corrected chi connectivity index (χ1v) is 9.03. The topological polar surface area (TPSA) is 37.3 Å². The number of nitrogens with zero attached hydrogens (tertiary/aromatic N) is 2. The van der Waals surface area contributed by atoms with Gasteiger partial charge >= 0.3 is 0 Å². The van der Waals surface area contributed by atoms with Crippen molar-refractivity contribution in [3.63, 3.8) is 0 Å². The Hall–Kier alpha value is -2.82. The zero-order valence-corrected chi connectivity index (χ0v) is 14.8. The molecule has 4 nitrogen and oxygen atoms in total. The average molecular weight is 351 g/mol. The summed E-state index contributed by atoms with van der Waals surface area (Å²) in [6.07, 6.45) is 3.78. The molecule has 2 aromatic carbocycles. The smallest absolute Gasteiger partial charge is 0.272 e. The maximum absolute atomic E-state index is 13.4. The average Bonchev–Trinajstić information content (AvgIpc) is 2.99. The zero-order chi connectivity index (χ0) is 18.1. The molecule has 134 valence electrons. The summed E-state index contributed by atoms with van der Waals surface area (Å²) in [5.74, 6) is -0.506. The first-order valence-electron chi connectivity index (χ1n) is 9.03. The van der Waals surface area contributed by atoms with Crippen molar-refractivity contribution in [2.45, 2.75) is 19.3 Å². The molecule has 1 fully saturated rings. The van der Waals surface area contributed by atoms with Crippen LogP contribution in [0, 0.1) is 5.82 Å². The van der Waals surface area contributed by atoms with Gasteiger partial charge in [-0.2, -0.15) is 0 Å². The van der Waals surface area contributed by atoms with Crippen LogP contribution < -0.4 is 10.2 Å². The fourth-order valence-electron chi connectivity index (χ4n) is 3.62. The molecule has 1 saturated heterocycles. The molecule has 1 aliphatic rings. The Labute approximate surface area is 152 Å². The van der Waals surface area contributed by atoms with Gasteiger partial charge in [-0.3, -0.25) is 4.79 Å². The highest BCUT2D eigenvalue weighted by molar-refractivity contribution is 6.06. The second kappa shape index (κ2) is 6.83. The van der Waals surface area contributed by atoms with Crippen LogP contribution in [-0.2, 0) is 7.05 Å². The molecule has 2 heterocycles. The number of halogens is 1. The maximum atomic E-state index is 13.4. The molecule has 0 aliphatic carbocycles. The van der Waals surface area contributed by atoms with Gasteiger partial charge in [0, 0.05) is 36.9 Å². The van der Waals surface area contributed by atoms with Gasteiger partial charge in [-0.1, -0.05) is 0 Å².